The van der Waals surface area contributed by atoms with Crippen LogP contribution in [0, 0.1) is 0 Å². The second-order valence-electron chi connectivity index (χ2n) is 2.32. The van der Waals surface area contributed by atoms with Gasteiger partial charge in [-0.1, -0.05) is 0 Å². The van der Waals surface area contributed by atoms with Crippen LogP contribution in [0.5, 0.6) is 0 Å². The lowest BCUT2D eigenvalue weighted by Crippen LogP contribution is -2.24. The molecule has 1 saturated heterocycles. The molecule has 1 aliphatic heterocycles. The first kappa shape index (κ1) is 8.67. The topological polar surface area (TPSA) is 110 Å². The molecule has 0 aromatic heterocycles. The van der Waals surface area contributed by atoms with Gasteiger partial charge in [0, 0.05) is 6.42 Å². The third-order valence-electron chi connectivity index (χ3n) is 1.39. The van der Waals surface area contributed by atoms with Crippen LogP contribution in [0.3, 0.4) is 0 Å². The second-order valence-corrected chi connectivity index (χ2v) is 4.08. The van der Waals surface area contributed by atoms with Crippen molar-refractivity contribution in [3.63, 3.8) is 0 Å². The number of rotatable bonds is 1. The zero-order valence-corrected chi connectivity index (χ0v) is 6.40. The highest BCUT2D eigenvalue weighted by atomic mass is 31.2. The Morgan fingerprint density at radius 2 is 2.18 bits per heavy atom. The van der Waals surface area contributed by atoms with Crippen LogP contribution in [0.25, 0.3) is 0 Å². The van der Waals surface area contributed by atoms with Crippen LogP contribution < -0.4 is 5.73 Å². The molecular formula is C4H8NO5P. The highest BCUT2D eigenvalue weighted by molar-refractivity contribution is 7.52. The summed E-state index contributed by atoms with van der Waals surface area (Å²) in [5.74, 6) is -2.09. The molecule has 6 nitrogen and oxygen atoms in total. The number of nitrogens with two attached hydrogens (primary N) is 1. The third kappa shape index (κ3) is 1.78. The van der Waals surface area contributed by atoms with E-state index < -0.39 is 25.5 Å². The fourth-order valence-electron chi connectivity index (χ4n) is 0.789. The summed E-state index contributed by atoms with van der Waals surface area (Å²) in [6.45, 7) is 0. The Balaban J connectivity index is 2.69. The van der Waals surface area contributed by atoms with Crippen molar-refractivity contribution >= 4 is 13.6 Å². The van der Waals surface area contributed by atoms with Gasteiger partial charge in [-0.25, -0.2) is 0 Å². The molecule has 2 unspecified atom stereocenters. The summed E-state index contributed by atoms with van der Waals surface area (Å²) < 4.78 is 14.8. The number of hydrogen-bond donors (Lipinski definition) is 3. The summed E-state index contributed by atoms with van der Waals surface area (Å²) in [5, 5.41) is 0. The molecule has 0 saturated carbocycles. The van der Waals surface area contributed by atoms with E-state index in [1.165, 1.54) is 0 Å². The van der Waals surface area contributed by atoms with Crippen molar-refractivity contribution in [2.75, 3.05) is 0 Å². The average Bonchev–Trinajstić information content (AvgIpc) is 2.11. The standard InChI is InChI=1S/C4H8NO5P/c5-2-1-3(10-4(2)6)11(7,8)9/h2-3H,1,5H2,(H2,7,8,9). The van der Waals surface area contributed by atoms with E-state index in [4.69, 9.17) is 15.5 Å². The molecule has 0 spiro atoms. The van der Waals surface area contributed by atoms with Crippen molar-refractivity contribution in [1.29, 1.82) is 0 Å². The van der Waals surface area contributed by atoms with Gasteiger partial charge in [0.05, 0.1) is 0 Å². The molecule has 1 fully saturated rings. The molecule has 2 atom stereocenters. The molecular weight excluding hydrogens is 173 g/mol. The third-order valence-corrected chi connectivity index (χ3v) is 2.45. The number of cyclic esters (lactones) is 1. The average molecular weight is 181 g/mol. The van der Waals surface area contributed by atoms with Crippen molar-refractivity contribution in [3.05, 3.63) is 0 Å². The summed E-state index contributed by atoms with van der Waals surface area (Å²) in [6, 6.07) is -0.896. The van der Waals surface area contributed by atoms with Crippen molar-refractivity contribution < 1.29 is 23.9 Å². The van der Waals surface area contributed by atoms with E-state index in [1.54, 1.807) is 0 Å². The summed E-state index contributed by atoms with van der Waals surface area (Å²) in [7, 11) is -4.31. The maximum Gasteiger partial charge on any atom is 0.365 e. The zero-order chi connectivity index (χ0) is 8.65. The number of ether oxygens (including phenoxy) is 1. The number of hydrogen-bond acceptors (Lipinski definition) is 4. The fourth-order valence-corrected chi connectivity index (χ4v) is 1.53. The Morgan fingerprint density at radius 1 is 1.64 bits per heavy atom. The van der Waals surface area contributed by atoms with Gasteiger partial charge in [0.1, 0.15) is 6.04 Å². The van der Waals surface area contributed by atoms with Crippen molar-refractivity contribution in [3.8, 4) is 0 Å². The first-order chi connectivity index (χ1) is 4.91. The molecule has 1 rings (SSSR count). The van der Waals surface area contributed by atoms with Gasteiger partial charge in [-0.15, -0.1) is 0 Å². The lowest BCUT2D eigenvalue weighted by Gasteiger charge is -2.09. The van der Waals surface area contributed by atoms with Gasteiger partial charge in [0.15, 0.2) is 0 Å². The van der Waals surface area contributed by atoms with E-state index in [1.807, 2.05) is 0 Å². The van der Waals surface area contributed by atoms with E-state index in [0.717, 1.165) is 0 Å². The van der Waals surface area contributed by atoms with Crippen LogP contribution in [-0.2, 0) is 14.1 Å². The quantitative estimate of drug-likeness (QED) is 0.345. The molecule has 0 aromatic rings. The van der Waals surface area contributed by atoms with Crippen LogP contribution in [0.15, 0.2) is 0 Å². The summed E-state index contributed by atoms with van der Waals surface area (Å²) in [5.41, 5.74) is 5.15. The minimum Gasteiger partial charge on any atom is -0.448 e. The lowest BCUT2D eigenvalue weighted by atomic mass is 10.3. The molecule has 0 amide bonds. The smallest absolute Gasteiger partial charge is 0.365 e. The Hall–Kier alpha value is -0.420. The lowest BCUT2D eigenvalue weighted by molar-refractivity contribution is -0.140. The predicted octanol–water partition coefficient (Wildman–Crippen LogP) is -1.24. The minimum absolute atomic E-state index is 0.108. The van der Waals surface area contributed by atoms with E-state index in [9.17, 15) is 9.36 Å². The van der Waals surface area contributed by atoms with Crippen LogP contribution in [0.2, 0.25) is 0 Å². The van der Waals surface area contributed by atoms with Crippen LogP contribution >= 0.6 is 7.60 Å². The normalized spacial score (nSPS) is 32.1. The Bertz CT molecular complexity index is 223. The Morgan fingerprint density at radius 3 is 2.36 bits per heavy atom. The molecule has 0 radical (unpaired) electrons. The summed E-state index contributed by atoms with van der Waals surface area (Å²) in [6.07, 6.45) is -0.108. The molecule has 7 heteroatoms. The maximum atomic E-state index is 10.5. The monoisotopic (exact) mass is 181 g/mol. The van der Waals surface area contributed by atoms with Crippen LogP contribution in [0.4, 0.5) is 0 Å². The van der Waals surface area contributed by atoms with E-state index in [2.05, 4.69) is 4.74 Å². The van der Waals surface area contributed by atoms with E-state index in [-0.39, 0.29) is 6.42 Å². The van der Waals surface area contributed by atoms with Crippen molar-refractivity contribution in [2.24, 2.45) is 5.73 Å². The highest BCUT2D eigenvalue weighted by Crippen LogP contribution is 2.46. The Labute approximate surface area is 62.5 Å². The van der Waals surface area contributed by atoms with Gasteiger partial charge in [-0.2, -0.15) is 0 Å². The van der Waals surface area contributed by atoms with Gasteiger partial charge < -0.3 is 20.3 Å². The van der Waals surface area contributed by atoms with Gasteiger partial charge in [0.25, 0.3) is 0 Å². The molecule has 0 aromatic carbocycles. The minimum atomic E-state index is -4.31. The molecule has 0 bridgehead atoms. The largest absolute Gasteiger partial charge is 0.448 e. The zero-order valence-electron chi connectivity index (χ0n) is 5.51. The SMILES string of the molecule is NC1CC(P(=O)(O)O)OC1=O. The molecule has 0 aliphatic carbocycles. The first-order valence-corrected chi connectivity index (χ1v) is 4.60. The van der Waals surface area contributed by atoms with Gasteiger partial charge in [-0.3, -0.25) is 9.36 Å². The fraction of sp³-hybridized carbons (Fsp3) is 0.750. The highest BCUT2D eigenvalue weighted by Gasteiger charge is 2.42. The summed E-state index contributed by atoms with van der Waals surface area (Å²) >= 11 is 0. The predicted molar refractivity (Wildman–Crippen MR) is 34.5 cm³/mol. The van der Waals surface area contributed by atoms with Crippen LogP contribution in [-0.4, -0.2) is 27.6 Å². The molecule has 1 aliphatic rings. The Kier molecular flexibility index (Phi) is 2.02. The molecule has 1 heterocycles. The molecule has 11 heavy (non-hydrogen) atoms. The van der Waals surface area contributed by atoms with Crippen molar-refractivity contribution in [1.82, 2.24) is 0 Å². The molecule has 4 N–H and O–H groups in total. The van der Waals surface area contributed by atoms with Gasteiger partial charge >= 0.3 is 13.6 Å². The van der Waals surface area contributed by atoms with Crippen LogP contribution in [0.1, 0.15) is 6.42 Å². The van der Waals surface area contributed by atoms with Gasteiger partial charge in [-0.05, 0) is 0 Å². The van der Waals surface area contributed by atoms with Crippen molar-refractivity contribution in [2.45, 2.75) is 18.3 Å². The van der Waals surface area contributed by atoms with Gasteiger partial charge in [0.2, 0.25) is 5.85 Å². The second kappa shape index (κ2) is 2.57. The van der Waals surface area contributed by atoms with E-state index in [0.29, 0.717) is 0 Å². The number of carbonyl (C=O) groups excluding carboxylic acids is 1. The summed E-state index contributed by atoms with van der Waals surface area (Å²) in [4.78, 5) is 27.6. The molecule has 64 valence electrons. The maximum absolute atomic E-state index is 10.5. The van der Waals surface area contributed by atoms with E-state index >= 15 is 0 Å². The number of carbonyl (C=O) groups is 1. The first-order valence-electron chi connectivity index (χ1n) is 2.92. The number of esters is 1.